The highest BCUT2D eigenvalue weighted by atomic mass is 16.4. The van der Waals surface area contributed by atoms with Crippen LogP contribution in [0.1, 0.15) is 24.8 Å². The van der Waals surface area contributed by atoms with Gasteiger partial charge in [0.2, 0.25) is 11.8 Å². The Morgan fingerprint density at radius 1 is 1.05 bits per heavy atom. The van der Waals surface area contributed by atoms with Crippen molar-refractivity contribution in [3.05, 3.63) is 29.8 Å². The average molecular weight is 299 g/mol. The summed E-state index contributed by atoms with van der Waals surface area (Å²) in [5.74, 6) is -0.506. The lowest BCUT2D eigenvalue weighted by Gasteiger charge is -2.19. The summed E-state index contributed by atoms with van der Waals surface area (Å²) in [7, 11) is 0. The van der Waals surface area contributed by atoms with Gasteiger partial charge in [0.05, 0.1) is 23.9 Å². The Bertz CT molecular complexity index is 638. The maximum atomic E-state index is 12.7. The van der Waals surface area contributed by atoms with E-state index in [1.54, 1.807) is 24.3 Å². The Labute approximate surface area is 127 Å². The predicted molar refractivity (Wildman–Crippen MR) is 78.1 cm³/mol. The van der Waals surface area contributed by atoms with Gasteiger partial charge in [-0.1, -0.05) is 12.1 Å². The van der Waals surface area contributed by atoms with Crippen LogP contribution in [-0.4, -0.2) is 22.9 Å². The van der Waals surface area contributed by atoms with E-state index in [1.807, 2.05) is 0 Å². The third-order valence-corrected chi connectivity index (χ3v) is 5.48. The van der Waals surface area contributed by atoms with E-state index in [9.17, 15) is 14.4 Å². The van der Waals surface area contributed by atoms with E-state index in [0.717, 1.165) is 19.3 Å². The molecule has 5 nitrogen and oxygen atoms in total. The standard InChI is InChI=1S/C17H17NO4/c19-13(20)7-9-1-5-12(6-2-9)18-16(21)14-10-3-4-11(8-10)15(14)17(18)22/h1-2,5-6,10-11,14-15H,3-4,7-8H2,(H,19,20)/t10-,11-,14+,15+/m0/s1. The number of benzene rings is 1. The first-order valence-electron chi connectivity index (χ1n) is 7.75. The Hall–Kier alpha value is -2.17. The fourth-order valence-corrected chi connectivity index (χ4v) is 4.60. The second-order valence-corrected chi connectivity index (χ2v) is 6.63. The van der Waals surface area contributed by atoms with Gasteiger partial charge in [-0.05, 0) is 48.8 Å². The van der Waals surface area contributed by atoms with Crippen LogP contribution in [0.5, 0.6) is 0 Å². The number of hydrogen-bond donors (Lipinski definition) is 1. The van der Waals surface area contributed by atoms with Crippen molar-refractivity contribution in [3.8, 4) is 0 Å². The number of imide groups is 1. The van der Waals surface area contributed by atoms with E-state index in [-0.39, 0.29) is 30.1 Å². The minimum atomic E-state index is -0.896. The first-order valence-corrected chi connectivity index (χ1v) is 7.75. The smallest absolute Gasteiger partial charge is 0.307 e. The molecule has 3 fully saturated rings. The molecule has 0 unspecified atom stereocenters. The minimum Gasteiger partial charge on any atom is -0.481 e. The van der Waals surface area contributed by atoms with Gasteiger partial charge in [0.1, 0.15) is 0 Å². The molecule has 2 amide bonds. The second-order valence-electron chi connectivity index (χ2n) is 6.63. The zero-order chi connectivity index (χ0) is 15.4. The minimum absolute atomic E-state index is 0.0580. The summed E-state index contributed by atoms with van der Waals surface area (Å²) in [5, 5.41) is 8.79. The number of aliphatic carboxylic acids is 1. The first-order chi connectivity index (χ1) is 10.6. The molecule has 114 valence electrons. The predicted octanol–water partition coefficient (Wildman–Crippen LogP) is 1.85. The van der Waals surface area contributed by atoms with E-state index in [0.29, 0.717) is 23.1 Å². The van der Waals surface area contributed by atoms with Crippen molar-refractivity contribution in [3.63, 3.8) is 0 Å². The molecule has 1 saturated heterocycles. The molecule has 5 heteroatoms. The van der Waals surface area contributed by atoms with Crippen molar-refractivity contribution in [2.45, 2.75) is 25.7 Å². The van der Waals surface area contributed by atoms with E-state index < -0.39 is 5.97 Å². The van der Waals surface area contributed by atoms with Crippen molar-refractivity contribution >= 4 is 23.5 Å². The van der Waals surface area contributed by atoms with Gasteiger partial charge in [0.15, 0.2) is 0 Å². The maximum absolute atomic E-state index is 12.7. The normalized spacial score (nSPS) is 32.6. The number of fused-ring (bicyclic) bond motifs is 5. The van der Waals surface area contributed by atoms with Crippen molar-refractivity contribution in [1.82, 2.24) is 0 Å². The number of anilines is 1. The number of carbonyl (C=O) groups excluding carboxylic acids is 2. The number of carboxylic acids is 1. The molecule has 1 aromatic carbocycles. The molecule has 2 bridgehead atoms. The van der Waals surface area contributed by atoms with Crippen LogP contribution in [0.3, 0.4) is 0 Å². The second kappa shape index (κ2) is 4.66. The fourth-order valence-electron chi connectivity index (χ4n) is 4.60. The van der Waals surface area contributed by atoms with Gasteiger partial charge in [-0.3, -0.25) is 19.3 Å². The number of carbonyl (C=O) groups is 3. The molecule has 0 radical (unpaired) electrons. The molecule has 3 aliphatic rings. The summed E-state index contributed by atoms with van der Waals surface area (Å²) in [6.45, 7) is 0. The summed E-state index contributed by atoms with van der Waals surface area (Å²) in [6.07, 6.45) is 3.10. The maximum Gasteiger partial charge on any atom is 0.307 e. The van der Waals surface area contributed by atoms with E-state index in [2.05, 4.69) is 0 Å². The van der Waals surface area contributed by atoms with Crippen LogP contribution in [0.2, 0.25) is 0 Å². The summed E-state index contributed by atoms with van der Waals surface area (Å²) in [6, 6.07) is 6.70. The van der Waals surface area contributed by atoms with Gasteiger partial charge in [-0.2, -0.15) is 0 Å². The highest BCUT2D eigenvalue weighted by Crippen LogP contribution is 2.56. The van der Waals surface area contributed by atoms with Gasteiger partial charge >= 0.3 is 5.97 Å². The van der Waals surface area contributed by atoms with Gasteiger partial charge < -0.3 is 5.11 Å². The third kappa shape index (κ3) is 1.81. The lowest BCUT2D eigenvalue weighted by atomic mass is 9.81. The largest absolute Gasteiger partial charge is 0.481 e. The topological polar surface area (TPSA) is 74.7 Å². The molecule has 1 aromatic rings. The van der Waals surface area contributed by atoms with E-state index in [1.165, 1.54) is 4.90 Å². The van der Waals surface area contributed by atoms with Crippen molar-refractivity contribution in [2.24, 2.45) is 23.7 Å². The van der Waals surface area contributed by atoms with E-state index >= 15 is 0 Å². The number of nitrogens with zero attached hydrogens (tertiary/aromatic N) is 1. The number of rotatable bonds is 3. The number of carboxylic acid groups (broad SMARTS) is 1. The molecule has 4 rings (SSSR count). The molecule has 1 aliphatic heterocycles. The summed E-state index contributed by atoms with van der Waals surface area (Å²) >= 11 is 0. The lowest BCUT2D eigenvalue weighted by Crippen LogP contribution is -2.32. The molecular formula is C17H17NO4. The van der Waals surface area contributed by atoms with Crippen LogP contribution in [-0.2, 0) is 20.8 Å². The Kier molecular flexibility index (Phi) is 2.86. The summed E-state index contributed by atoms with van der Waals surface area (Å²) in [4.78, 5) is 37.4. The highest BCUT2D eigenvalue weighted by molar-refractivity contribution is 6.22. The number of amides is 2. The Morgan fingerprint density at radius 3 is 2.09 bits per heavy atom. The third-order valence-electron chi connectivity index (χ3n) is 5.48. The highest BCUT2D eigenvalue weighted by Gasteiger charge is 2.61. The monoisotopic (exact) mass is 299 g/mol. The quantitative estimate of drug-likeness (QED) is 0.864. The molecule has 0 aromatic heterocycles. The average Bonchev–Trinajstić information content (AvgIpc) is 3.14. The van der Waals surface area contributed by atoms with Gasteiger partial charge in [0.25, 0.3) is 0 Å². The molecule has 1 N–H and O–H groups in total. The van der Waals surface area contributed by atoms with E-state index in [4.69, 9.17) is 5.11 Å². The van der Waals surface area contributed by atoms with Gasteiger partial charge in [-0.15, -0.1) is 0 Å². The molecule has 4 atom stereocenters. The van der Waals surface area contributed by atoms with Crippen molar-refractivity contribution < 1.29 is 19.5 Å². The van der Waals surface area contributed by atoms with Crippen LogP contribution >= 0.6 is 0 Å². The zero-order valence-corrected chi connectivity index (χ0v) is 12.1. The first kappa shape index (κ1) is 13.5. The molecule has 2 saturated carbocycles. The van der Waals surface area contributed by atoms with Crippen LogP contribution in [0.15, 0.2) is 24.3 Å². The lowest BCUT2D eigenvalue weighted by molar-refractivity contribution is -0.136. The number of hydrogen-bond acceptors (Lipinski definition) is 3. The van der Waals surface area contributed by atoms with Gasteiger partial charge in [-0.25, -0.2) is 0 Å². The molecule has 1 heterocycles. The molecule has 0 spiro atoms. The van der Waals surface area contributed by atoms with Crippen molar-refractivity contribution in [1.29, 1.82) is 0 Å². The molecule has 2 aliphatic carbocycles. The molecular weight excluding hydrogens is 282 g/mol. The summed E-state index contributed by atoms with van der Waals surface area (Å²) < 4.78 is 0. The SMILES string of the molecule is O=C(O)Cc1ccc(N2C(=O)[C@@H]3[C@H]4CC[C@@H](C4)[C@H]3C2=O)cc1. The Balaban J connectivity index is 1.62. The molecule has 22 heavy (non-hydrogen) atoms. The van der Waals surface area contributed by atoms with Crippen LogP contribution in [0.4, 0.5) is 5.69 Å². The fraction of sp³-hybridized carbons (Fsp3) is 0.471. The van der Waals surface area contributed by atoms with Crippen LogP contribution in [0, 0.1) is 23.7 Å². The Morgan fingerprint density at radius 2 is 1.59 bits per heavy atom. The van der Waals surface area contributed by atoms with Gasteiger partial charge in [0, 0.05) is 0 Å². The zero-order valence-electron chi connectivity index (χ0n) is 12.1. The van der Waals surface area contributed by atoms with Crippen molar-refractivity contribution in [2.75, 3.05) is 4.90 Å². The van der Waals surface area contributed by atoms with Crippen LogP contribution in [0.25, 0.3) is 0 Å². The van der Waals surface area contributed by atoms with Crippen LogP contribution < -0.4 is 4.90 Å². The summed E-state index contributed by atoms with van der Waals surface area (Å²) in [5.41, 5.74) is 1.23.